The van der Waals surface area contributed by atoms with Crippen LogP contribution in [0, 0.1) is 12.7 Å². The Labute approximate surface area is 126 Å². The Balaban J connectivity index is 2.03. The lowest BCUT2D eigenvalue weighted by molar-refractivity contribution is 0.175. The molecule has 1 aliphatic carbocycles. The Kier molecular flexibility index (Phi) is 3.81. The Morgan fingerprint density at radius 3 is 2.33 bits per heavy atom. The van der Waals surface area contributed by atoms with E-state index in [1.165, 1.54) is 30.4 Å². The molecular formula is C19H22FN. The molecule has 1 nitrogen and oxygen atoms in total. The first kappa shape index (κ1) is 14.3. The number of benzene rings is 2. The summed E-state index contributed by atoms with van der Waals surface area (Å²) in [5, 5.41) is 3.48. The van der Waals surface area contributed by atoms with Crippen LogP contribution in [0.4, 0.5) is 4.39 Å². The highest BCUT2D eigenvalue weighted by molar-refractivity contribution is 5.37. The Hall–Kier alpha value is -1.67. The minimum absolute atomic E-state index is 0.129. The quantitative estimate of drug-likeness (QED) is 0.870. The number of rotatable bonds is 4. The lowest BCUT2D eigenvalue weighted by Gasteiger charge is -2.48. The molecule has 2 aromatic carbocycles. The third-order valence-corrected chi connectivity index (χ3v) is 4.95. The summed E-state index contributed by atoms with van der Waals surface area (Å²) in [4.78, 5) is 0. The van der Waals surface area contributed by atoms with Crippen molar-refractivity contribution in [2.24, 2.45) is 0 Å². The molecule has 2 heteroatoms. The third-order valence-electron chi connectivity index (χ3n) is 4.95. The Morgan fingerprint density at radius 1 is 1.10 bits per heavy atom. The summed E-state index contributed by atoms with van der Waals surface area (Å²) in [5.41, 5.74) is 3.42. The van der Waals surface area contributed by atoms with Gasteiger partial charge >= 0.3 is 0 Å². The molecule has 0 saturated heterocycles. The van der Waals surface area contributed by atoms with E-state index in [9.17, 15) is 4.39 Å². The number of halogens is 1. The second-order valence-corrected chi connectivity index (χ2v) is 6.11. The lowest BCUT2D eigenvalue weighted by Crippen LogP contribution is -2.45. The van der Waals surface area contributed by atoms with Crippen molar-refractivity contribution in [2.45, 2.75) is 37.6 Å². The maximum absolute atomic E-state index is 13.6. The first-order chi connectivity index (χ1) is 10.2. The first-order valence-corrected chi connectivity index (χ1v) is 7.66. The number of likely N-dealkylation sites (N-methyl/N-ethyl adjacent to an activating group) is 1. The molecule has 0 radical (unpaired) electrons. The summed E-state index contributed by atoms with van der Waals surface area (Å²) in [6.07, 6.45) is 3.62. The summed E-state index contributed by atoms with van der Waals surface area (Å²) in [6.45, 7) is 1.83. The molecule has 0 spiro atoms. The van der Waals surface area contributed by atoms with Gasteiger partial charge in [0.05, 0.1) is 0 Å². The molecule has 1 atom stereocenters. The van der Waals surface area contributed by atoms with E-state index in [0.717, 1.165) is 5.56 Å². The Bertz CT molecular complexity index is 617. The molecule has 0 aromatic heterocycles. The zero-order valence-corrected chi connectivity index (χ0v) is 12.7. The van der Waals surface area contributed by atoms with Gasteiger partial charge in [0.1, 0.15) is 5.82 Å². The molecule has 1 aliphatic rings. The minimum atomic E-state index is -0.129. The van der Waals surface area contributed by atoms with E-state index >= 15 is 0 Å². The summed E-state index contributed by atoms with van der Waals surface area (Å²) >= 11 is 0. The molecule has 2 aromatic rings. The maximum atomic E-state index is 13.6. The predicted octanol–water partition coefficient (Wildman–Crippen LogP) is 4.52. The van der Waals surface area contributed by atoms with Gasteiger partial charge in [0.2, 0.25) is 0 Å². The zero-order valence-electron chi connectivity index (χ0n) is 12.7. The Morgan fingerprint density at radius 2 is 1.81 bits per heavy atom. The van der Waals surface area contributed by atoms with Gasteiger partial charge in [0.25, 0.3) is 0 Å². The van der Waals surface area contributed by atoms with Gasteiger partial charge < -0.3 is 5.32 Å². The van der Waals surface area contributed by atoms with Crippen LogP contribution < -0.4 is 5.32 Å². The van der Waals surface area contributed by atoms with Crippen LogP contribution in [-0.4, -0.2) is 7.05 Å². The molecule has 1 fully saturated rings. The van der Waals surface area contributed by atoms with Gasteiger partial charge in [-0.15, -0.1) is 0 Å². The van der Waals surface area contributed by atoms with Crippen LogP contribution in [0.5, 0.6) is 0 Å². The van der Waals surface area contributed by atoms with Gasteiger partial charge in [-0.3, -0.25) is 0 Å². The normalized spacial score (nSPS) is 18.0. The molecule has 1 saturated carbocycles. The average Bonchev–Trinajstić information content (AvgIpc) is 2.47. The molecular weight excluding hydrogens is 261 g/mol. The van der Waals surface area contributed by atoms with Crippen LogP contribution >= 0.6 is 0 Å². The van der Waals surface area contributed by atoms with Gasteiger partial charge in [-0.25, -0.2) is 4.39 Å². The minimum Gasteiger partial charge on any atom is -0.312 e. The highest BCUT2D eigenvalue weighted by atomic mass is 19.1. The van der Waals surface area contributed by atoms with Crippen LogP contribution in [0.1, 0.15) is 42.0 Å². The monoisotopic (exact) mass is 283 g/mol. The van der Waals surface area contributed by atoms with Crippen molar-refractivity contribution in [1.82, 2.24) is 5.32 Å². The van der Waals surface area contributed by atoms with Gasteiger partial charge in [0, 0.05) is 11.5 Å². The van der Waals surface area contributed by atoms with Crippen molar-refractivity contribution in [2.75, 3.05) is 7.05 Å². The van der Waals surface area contributed by atoms with E-state index < -0.39 is 0 Å². The van der Waals surface area contributed by atoms with Crippen LogP contribution in [-0.2, 0) is 5.41 Å². The fraction of sp³-hybridized carbons (Fsp3) is 0.368. The number of hydrogen-bond acceptors (Lipinski definition) is 1. The second-order valence-electron chi connectivity index (χ2n) is 6.11. The smallest absolute Gasteiger partial charge is 0.126 e. The second kappa shape index (κ2) is 5.61. The molecule has 110 valence electrons. The van der Waals surface area contributed by atoms with Crippen molar-refractivity contribution < 1.29 is 4.39 Å². The van der Waals surface area contributed by atoms with Crippen LogP contribution in [0.25, 0.3) is 0 Å². The first-order valence-electron chi connectivity index (χ1n) is 7.66. The van der Waals surface area contributed by atoms with Crippen LogP contribution in [0.3, 0.4) is 0 Å². The largest absolute Gasteiger partial charge is 0.312 e. The van der Waals surface area contributed by atoms with Gasteiger partial charge in [-0.05, 0) is 49.6 Å². The summed E-state index contributed by atoms with van der Waals surface area (Å²) < 4.78 is 13.6. The van der Waals surface area contributed by atoms with Crippen molar-refractivity contribution in [1.29, 1.82) is 0 Å². The van der Waals surface area contributed by atoms with Crippen LogP contribution in [0.2, 0.25) is 0 Å². The predicted molar refractivity (Wildman–Crippen MR) is 84.9 cm³/mol. The molecule has 3 rings (SSSR count). The van der Waals surface area contributed by atoms with Gasteiger partial charge in [-0.2, -0.15) is 0 Å². The van der Waals surface area contributed by atoms with Crippen molar-refractivity contribution in [3.05, 3.63) is 71.0 Å². The highest BCUT2D eigenvalue weighted by Gasteiger charge is 2.45. The summed E-state index contributed by atoms with van der Waals surface area (Å²) in [5.74, 6) is -0.129. The van der Waals surface area contributed by atoms with Crippen molar-refractivity contribution in [3.63, 3.8) is 0 Å². The number of nitrogens with one attached hydrogen (secondary N) is 1. The fourth-order valence-corrected chi connectivity index (χ4v) is 3.68. The number of aryl methyl sites for hydroxylation is 1. The topological polar surface area (TPSA) is 12.0 Å². The lowest BCUT2D eigenvalue weighted by atomic mass is 9.58. The molecule has 0 bridgehead atoms. The van der Waals surface area contributed by atoms with E-state index in [-0.39, 0.29) is 17.3 Å². The van der Waals surface area contributed by atoms with Gasteiger partial charge in [-0.1, -0.05) is 48.9 Å². The van der Waals surface area contributed by atoms with Gasteiger partial charge in [0.15, 0.2) is 0 Å². The molecule has 0 heterocycles. The van der Waals surface area contributed by atoms with E-state index in [0.29, 0.717) is 0 Å². The summed E-state index contributed by atoms with van der Waals surface area (Å²) in [6, 6.07) is 16.5. The average molecular weight is 283 g/mol. The maximum Gasteiger partial charge on any atom is 0.126 e. The highest BCUT2D eigenvalue weighted by Crippen LogP contribution is 2.52. The molecule has 1 N–H and O–H groups in total. The van der Waals surface area contributed by atoms with Crippen molar-refractivity contribution >= 4 is 0 Å². The summed E-state index contributed by atoms with van der Waals surface area (Å²) in [7, 11) is 2.01. The van der Waals surface area contributed by atoms with Crippen LogP contribution in [0.15, 0.2) is 48.5 Å². The van der Waals surface area contributed by atoms with E-state index in [4.69, 9.17) is 0 Å². The fourth-order valence-electron chi connectivity index (χ4n) is 3.68. The molecule has 0 amide bonds. The SMILES string of the molecule is CNC(c1ccc(F)c(C)c1)C1(c2ccccc2)CCC1. The molecule has 1 unspecified atom stereocenters. The molecule has 21 heavy (non-hydrogen) atoms. The zero-order chi connectivity index (χ0) is 14.9. The molecule has 0 aliphatic heterocycles. The standard InChI is InChI=1S/C19H22FN/c1-14-13-15(9-10-17(14)20)18(21-2)19(11-6-12-19)16-7-4-3-5-8-16/h3-5,7-10,13,18,21H,6,11-12H2,1-2H3. The number of hydrogen-bond donors (Lipinski definition) is 1. The van der Waals surface area contributed by atoms with E-state index in [1.54, 1.807) is 6.07 Å². The van der Waals surface area contributed by atoms with E-state index in [2.05, 4.69) is 35.6 Å². The van der Waals surface area contributed by atoms with Crippen molar-refractivity contribution in [3.8, 4) is 0 Å². The van der Waals surface area contributed by atoms with E-state index in [1.807, 2.05) is 26.1 Å². The third kappa shape index (κ3) is 2.38.